The van der Waals surface area contributed by atoms with E-state index in [4.69, 9.17) is 0 Å². The van der Waals surface area contributed by atoms with Crippen molar-refractivity contribution in [3.63, 3.8) is 0 Å². The molecule has 132 valence electrons. The molecule has 0 atom stereocenters. The smallest absolute Gasteiger partial charge is 0.255 e. The molecule has 5 nitrogen and oxygen atoms in total. The summed E-state index contributed by atoms with van der Waals surface area (Å²) in [6.07, 6.45) is 6.31. The molecule has 0 radical (unpaired) electrons. The van der Waals surface area contributed by atoms with Crippen LogP contribution in [0.3, 0.4) is 0 Å². The summed E-state index contributed by atoms with van der Waals surface area (Å²) >= 11 is 1.39. The lowest BCUT2D eigenvalue weighted by Crippen LogP contribution is -2.37. The Bertz CT molecular complexity index is 781. The SMILES string of the molecule is CSc1nc(-c2ccccc2)cc(=O)n1CC(=O)N1CCCCCC1. The fourth-order valence-corrected chi connectivity index (χ4v) is 3.66. The number of rotatable bonds is 4. The van der Waals surface area contributed by atoms with Gasteiger partial charge in [-0.2, -0.15) is 0 Å². The highest BCUT2D eigenvalue weighted by atomic mass is 32.2. The molecule has 1 aliphatic heterocycles. The maximum atomic E-state index is 12.6. The van der Waals surface area contributed by atoms with Crippen LogP contribution in [-0.2, 0) is 11.3 Å². The molecule has 6 heteroatoms. The third-order valence-electron chi connectivity index (χ3n) is 4.48. The first-order valence-corrected chi connectivity index (χ1v) is 9.90. The van der Waals surface area contributed by atoms with E-state index in [1.165, 1.54) is 35.2 Å². The predicted octanol–water partition coefficient (Wildman–Crippen LogP) is 3.03. The van der Waals surface area contributed by atoms with E-state index < -0.39 is 0 Å². The van der Waals surface area contributed by atoms with E-state index in [-0.39, 0.29) is 18.0 Å². The molecule has 25 heavy (non-hydrogen) atoms. The van der Waals surface area contributed by atoms with Crippen LogP contribution in [0.1, 0.15) is 25.7 Å². The lowest BCUT2D eigenvalue weighted by molar-refractivity contribution is -0.132. The van der Waals surface area contributed by atoms with Crippen molar-refractivity contribution in [3.05, 3.63) is 46.8 Å². The van der Waals surface area contributed by atoms with E-state index in [0.717, 1.165) is 31.5 Å². The van der Waals surface area contributed by atoms with Gasteiger partial charge in [0, 0.05) is 24.7 Å². The first-order valence-electron chi connectivity index (χ1n) is 8.68. The second kappa shape index (κ2) is 8.34. The molecule has 1 aliphatic rings. The number of nitrogens with zero attached hydrogens (tertiary/aromatic N) is 3. The number of likely N-dealkylation sites (tertiary alicyclic amines) is 1. The van der Waals surface area contributed by atoms with E-state index >= 15 is 0 Å². The summed E-state index contributed by atoms with van der Waals surface area (Å²) < 4.78 is 1.49. The first kappa shape index (κ1) is 17.7. The zero-order valence-corrected chi connectivity index (χ0v) is 15.3. The number of hydrogen-bond donors (Lipinski definition) is 0. The minimum absolute atomic E-state index is 0.00793. The van der Waals surface area contributed by atoms with Crippen LogP contribution in [0.15, 0.2) is 46.3 Å². The zero-order valence-electron chi connectivity index (χ0n) is 14.5. The molecule has 0 N–H and O–H groups in total. The summed E-state index contributed by atoms with van der Waals surface area (Å²) in [6.45, 7) is 1.65. The Labute approximate surface area is 152 Å². The molecule has 0 saturated carbocycles. The zero-order chi connectivity index (χ0) is 17.6. The van der Waals surface area contributed by atoms with Crippen LogP contribution in [0.25, 0.3) is 11.3 Å². The number of carbonyl (C=O) groups is 1. The third-order valence-corrected chi connectivity index (χ3v) is 5.15. The molecule has 0 aliphatic carbocycles. The van der Waals surface area contributed by atoms with Gasteiger partial charge in [-0.3, -0.25) is 14.2 Å². The van der Waals surface area contributed by atoms with Crippen LogP contribution in [0.4, 0.5) is 0 Å². The molecular formula is C19H23N3O2S. The van der Waals surface area contributed by atoms with Gasteiger partial charge in [0.2, 0.25) is 5.91 Å². The molecule has 0 bridgehead atoms. The van der Waals surface area contributed by atoms with Gasteiger partial charge in [0.15, 0.2) is 5.16 Å². The average molecular weight is 357 g/mol. The molecule has 1 amide bonds. The summed E-state index contributed by atoms with van der Waals surface area (Å²) in [5.74, 6) is 0.00793. The number of amides is 1. The Morgan fingerprint density at radius 1 is 1.12 bits per heavy atom. The van der Waals surface area contributed by atoms with E-state index in [9.17, 15) is 9.59 Å². The lowest BCUT2D eigenvalue weighted by Gasteiger charge is -2.21. The van der Waals surface area contributed by atoms with Crippen molar-refractivity contribution >= 4 is 17.7 Å². The second-order valence-electron chi connectivity index (χ2n) is 6.21. The summed E-state index contributed by atoms with van der Waals surface area (Å²) in [7, 11) is 0. The van der Waals surface area contributed by atoms with Crippen LogP contribution >= 0.6 is 11.8 Å². The van der Waals surface area contributed by atoms with Gasteiger partial charge in [0.25, 0.3) is 5.56 Å². The number of aromatic nitrogens is 2. The normalized spacial score (nSPS) is 15.0. The molecule has 3 rings (SSSR count). The Hall–Kier alpha value is -2.08. The summed E-state index contributed by atoms with van der Waals surface area (Å²) in [4.78, 5) is 31.7. The van der Waals surface area contributed by atoms with Crippen LogP contribution in [0, 0.1) is 0 Å². The Morgan fingerprint density at radius 2 is 1.80 bits per heavy atom. The number of carbonyl (C=O) groups excluding carboxylic acids is 1. The maximum Gasteiger partial charge on any atom is 0.255 e. The van der Waals surface area contributed by atoms with Crippen molar-refractivity contribution in [1.82, 2.24) is 14.5 Å². The summed E-state index contributed by atoms with van der Waals surface area (Å²) in [5.41, 5.74) is 1.37. The fourth-order valence-electron chi connectivity index (χ4n) is 3.10. The van der Waals surface area contributed by atoms with Crippen LogP contribution in [-0.4, -0.2) is 39.7 Å². The maximum absolute atomic E-state index is 12.6. The van der Waals surface area contributed by atoms with Gasteiger partial charge >= 0.3 is 0 Å². The van der Waals surface area contributed by atoms with Crippen LogP contribution in [0.2, 0.25) is 0 Å². The highest BCUT2D eigenvalue weighted by Gasteiger charge is 2.18. The minimum atomic E-state index is -0.179. The van der Waals surface area contributed by atoms with Crippen molar-refractivity contribution in [2.75, 3.05) is 19.3 Å². The van der Waals surface area contributed by atoms with Gasteiger partial charge in [-0.15, -0.1) is 0 Å². The topological polar surface area (TPSA) is 55.2 Å². The molecule has 2 aromatic rings. The largest absolute Gasteiger partial charge is 0.341 e. The number of thioether (sulfide) groups is 1. The molecule has 1 aromatic carbocycles. The average Bonchev–Trinajstić information content (AvgIpc) is 2.93. The van der Waals surface area contributed by atoms with Crippen molar-refractivity contribution in [1.29, 1.82) is 0 Å². The molecular weight excluding hydrogens is 334 g/mol. The highest BCUT2D eigenvalue weighted by Crippen LogP contribution is 2.19. The van der Waals surface area contributed by atoms with Crippen molar-refractivity contribution in [3.8, 4) is 11.3 Å². The van der Waals surface area contributed by atoms with Gasteiger partial charge in [-0.05, 0) is 19.1 Å². The van der Waals surface area contributed by atoms with E-state index in [1.54, 1.807) is 0 Å². The van der Waals surface area contributed by atoms with Crippen LogP contribution in [0.5, 0.6) is 0 Å². The summed E-state index contributed by atoms with van der Waals surface area (Å²) in [6, 6.07) is 11.1. The van der Waals surface area contributed by atoms with Crippen LogP contribution < -0.4 is 5.56 Å². The molecule has 1 aromatic heterocycles. The summed E-state index contributed by atoms with van der Waals surface area (Å²) in [5, 5.41) is 0.578. The van der Waals surface area contributed by atoms with Gasteiger partial charge < -0.3 is 4.90 Å². The van der Waals surface area contributed by atoms with Gasteiger partial charge in [0.1, 0.15) is 6.54 Å². The predicted molar refractivity (Wildman–Crippen MR) is 101 cm³/mol. The van der Waals surface area contributed by atoms with E-state index in [0.29, 0.717) is 10.9 Å². The third kappa shape index (κ3) is 4.31. The van der Waals surface area contributed by atoms with Gasteiger partial charge in [-0.1, -0.05) is 54.9 Å². The quantitative estimate of drug-likeness (QED) is 0.623. The molecule has 0 unspecified atom stereocenters. The van der Waals surface area contributed by atoms with Crippen molar-refractivity contribution < 1.29 is 4.79 Å². The van der Waals surface area contributed by atoms with E-state index in [2.05, 4.69) is 4.98 Å². The highest BCUT2D eigenvalue weighted by molar-refractivity contribution is 7.98. The standard InChI is InChI=1S/C19H23N3O2S/c1-25-19-20-16(15-9-5-4-6-10-15)13-17(23)22(19)14-18(24)21-11-7-2-3-8-12-21/h4-6,9-10,13H,2-3,7-8,11-12,14H2,1H3. The molecule has 1 saturated heterocycles. The number of benzene rings is 1. The minimum Gasteiger partial charge on any atom is -0.341 e. The molecule has 2 heterocycles. The van der Waals surface area contributed by atoms with Gasteiger partial charge in [-0.25, -0.2) is 4.98 Å². The fraction of sp³-hybridized carbons (Fsp3) is 0.421. The van der Waals surface area contributed by atoms with Crippen molar-refractivity contribution in [2.45, 2.75) is 37.4 Å². The Kier molecular flexibility index (Phi) is 5.91. The Morgan fingerprint density at radius 3 is 2.44 bits per heavy atom. The molecule has 0 spiro atoms. The Balaban J connectivity index is 1.86. The second-order valence-corrected chi connectivity index (χ2v) is 6.99. The first-order chi connectivity index (χ1) is 12.2. The lowest BCUT2D eigenvalue weighted by atomic mass is 10.1. The molecule has 1 fully saturated rings. The van der Waals surface area contributed by atoms with E-state index in [1.807, 2.05) is 41.5 Å². The van der Waals surface area contributed by atoms with Crippen molar-refractivity contribution in [2.24, 2.45) is 0 Å². The number of hydrogen-bond acceptors (Lipinski definition) is 4. The monoisotopic (exact) mass is 357 g/mol. The van der Waals surface area contributed by atoms with Gasteiger partial charge in [0.05, 0.1) is 5.69 Å².